The third-order valence-electron chi connectivity index (χ3n) is 2.98. The Morgan fingerprint density at radius 2 is 1.67 bits per heavy atom. The zero-order valence-electron chi connectivity index (χ0n) is 11.3. The maximum Gasteiger partial charge on any atom is 0.161 e. The topological polar surface area (TPSA) is 103 Å². The summed E-state index contributed by atoms with van der Waals surface area (Å²) in [6, 6.07) is 13.8. The smallest absolute Gasteiger partial charge is 0.161 e. The van der Waals surface area contributed by atoms with Crippen molar-refractivity contribution in [3.63, 3.8) is 0 Å². The minimum absolute atomic E-state index is 0.0933. The number of Topliss-reactive ketones (excluding diaryl/α,β-unsaturated/α-hetero) is 1. The van der Waals surface area contributed by atoms with Crippen LogP contribution in [0.25, 0.3) is 0 Å². The zero-order chi connectivity index (χ0) is 15.4. The summed E-state index contributed by atoms with van der Waals surface area (Å²) in [4.78, 5) is 11.3. The molecule has 0 aromatic heterocycles. The first kappa shape index (κ1) is 14.1. The number of nitriles is 2. The Labute approximate surface area is 122 Å². The number of rotatable bonds is 3. The van der Waals surface area contributed by atoms with Crippen LogP contribution in [0.5, 0.6) is 0 Å². The standard InChI is InChI=1S/C16H12N4O/c1-10(21)15-5-4-14(7-16(15)19)20-13-3-2-11(8-17)12(6-13)9-18/h2-7,20H,19H2,1H3. The third-order valence-corrected chi connectivity index (χ3v) is 2.98. The van der Waals surface area contributed by atoms with Crippen molar-refractivity contribution in [2.75, 3.05) is 11.1 Å². The van der Waals surface area contributed by atoms with Crippen LogP contribution in [0.15, 0.2) is 36.4 Å². The number of hydrogen-bond acceptors (Lipinski definition) is 5. The molecule has 21 heavy (non-hydrogen) atoms. The lowest BCUT2D eigenvalue weighted by Gasteiger charge is -2.09. The Hall–Kier alpha value is -3.31. The van der Waals surface area contributed by atoms with Gasteiger partial charge in [-0.3, -0.25) is 4.79 Å². The van der Waals surface area contributed by atoms with E-state index >= 15 is 0 Å². The molecule has 0 heterocycles. The highest BCUT2D eigenvalue weighted by Gasteiger charge is 2.07. The van der Waals surface area contributed by atoms with Gasteiger partial charge < -0.3 is 11.1 Å². The molecule has 102 valence electrons. The van der Waals surface area contributed by atoms with Crippen molar-refractivity contribution in [1.29, 1.82) is 10.5 Å². The predicted molar refractivity (Wildman–Crippen MR) is 80.0 cm³/mol. The van der Waals surface area contributed by atoms with Crippen LogP contribution in [-0.2, 0) is 0 Å². The molecular formula is C16H12N4O. The number of nitrogens with zero attached hydrogens (tertiary/aromatic N) is 2. The SMILES string of the molecule is CC(=O)c1ccc(Nc2ccc(C#N)c(C#N)c2)cc1N. The van der Waals surface area contributed by atoms with Crippen LogP contribution in [0.3, 0.4) is 0 Å². The van der Waals surface area contributed by atoms with E-state index in [1.807, 2.05) is 12.1 Å². The molecule has 0 fully saturated rings. The normalized spacial score (nSPS) is 9.48. The number of carbonyl (C=O) groups is 1. The summed E-state index contributed by atoms with van der Waals surface area (Å²) in [5, 5.41) is 21.0. The number of hydrogen-bond donors (Lipinski definition) is 2. The second-order valence-corrected chi connectivity index (χ2v) is 4.47. The van der Waals surface area contributed by atoms with Gasteiger partial charge in [-0.1, -0.05) is 0 Å². The van der Waals surface area contributed by atoms with Crippen molar-refractivity contribution in [1.82, 2.24) is 0 Å². The number of nitrogen functional groups attached to an aromatic ring is 1. The fourth-order valence-corrected chi connectivity index (χ4v) is 1.94. The molecule has 5 nitrogen and oxygen atoms in total. The van der Waals surface area contributed by atoms with Gasteiger partial charge in [0.05, 0.1) is 11.1 Å². The molecule has 0 radical (unpaired) electrons. The first-order valence-electron chi connectivity index (χ1n) is 6.17. The largest absolute Gasteiger partial charge is 0.398 e. The Balaban J connectivity index is 2.31. The van der Waals surface area contributed by atoms with Crippen molar-refractivity contribution < 1.29 is 4.79 Å². The number of anilines is 3. The summed E-state index contributed by atoms with van der Waals surface area (Å²) in [6.07, 6.45) is 0. The molecule has 2 aromatic carbocycles. The molecule has 0 bridgehead atoms. The van der Waals surface area contributed by atoms with Crippen LogP contribution < -0.4 is 11.1 Å². The number of carbonyl (C=O) groups excluding carboxylic acids is 1. The summed E-state index contributed by atoms with van der Waals surface area (Å²) in [7, 11) is 0. The quantitative estimate of drug-likeness (QED) is 0.662. The Bertz CT molecular complexity index is 797. The van der Waals surface area contributed by atoms with E-state index < -0.39 is 0 Å². The van der Waals surface area contributed by atoms with Crippen molar-refractivity contribution in [2.24, 2.45) is 0 Å². The minimum atomic E-state index is -0.0933. The van der Waals surface area contributed by atoms with E-state index in [2.05, 4.69) is 5.32 Å². The zero-order valence-corrected chi connectivity index (χ0v) is 11.3. The van der Waals surface area contributed by atoms with Crippen LogP contribution in [0.1, 0.15) is 28.4 Å². The molecule has 0 aliphatic carbocycles. The van der Waals surface area contributed by atoms with Gasteiger partial charge in [-0.2, -0.15) is 10.5 Å². The summed E-state index contributed by atoms with van der Waals surface area (Å²) >= 11 is 0. The molecule has 0 atom stereocenters. The van der Waals surface area contributed by atoms with E-state index in [-0.39, 0.29) is 5.78 Å². The molecule has 5 heteroatoms. The van der Waals surface area contributed by atoms with Gasteiger partial charge in [-0.05, 0) is 43.3 Å². The van der Waals surface area contributed by atoms with Gasteiger partial charge in [0.1, 0.15) is 12.1 Å². The highest BCUT2D eigenvalue weighted by atomic mass is 16.1. The molecule has 0 amide bonds. The highest BCUT2D eigenvalue weighted by Crippen LogP contribution is 2.23. The molecular weight excluding hydrogens is 264 g/mol. The average Bonchev–Trinajstić information content (AvgIpc) is 2.46. The lowest BCUT2D eigenvalue weighted by atomic mass is 10.1. The molecule has 0 unspecified atom stereocenters. The number of benzene rings is 2. The van der Waals surface area contributed by atoms with E-state index in [4.69, 9.17) is 16.3 Å². The number of ketones is 1. The van der Waals surface area contributed by atoms with Gasteiger partial charge in [0.2, 0.25) is 0 Å². The van der Waals surface area contributed by atoms with Crippen LogP contribution >= 0.6 is 0 Å². The molecule has 0 aliphatic heterocycles. The summed E-state index contributed by atoms with van der Waals surface area (Å²) in [6.45, 7) is 1.46. The summed E-state index contributed by atoms with van der Waals surface area (Å²) in [5.74, 6) is -0.0933. The molecule has 3 N–H and O–H groups in total. The van der Waals surface area contributed by atoms with Crippen LogP contribution in [-0.4, -0.2) is 5.78 Å². The maximum atomic E-state index is 11.3. The van der Waals surface area contributed by atoms with Gasteiger partial charge in [0, 0.05) is 22.6 Å². The van der Waals surface area contributed by atoms with Gasteiger partial charge >= 0.3 is 0 Å². The molecule has 0 spiro atoms. The third kappa shape index (κ3) is 2.99. The Morgan fingerprint density at radius 1 is 1.05 bits per heavy atom. The monoisotopic (exact) mass is 276 g/mol. The second kappa shape index (κ2) is 5.77. The molecule has 2 rings (SSSR count). The molecule has 0 saturated heterocycles. The number of nitrogens with two attached hydrogens (primary N) is 1. The fourth-order valence-electron chi connectivity index (χ4n) is 1.94. The second-order valence-electron chi connectivity index (χ2n) is 4.47. The van der Waals surface area contributed by atoms with Gasteiger partial charge in [0.15, 0.2) is 5.78 Å². The van der Waals surface area contributed by atoms with Crippen LogP contribution in [0.4, 0.5) is 17.1 Å². The fraction of sp³-hybridized carbons (Fsp3) is 0.0625. The van der Waals surface area contributed by atoms with E-state index in [1.165, 1.54) is 6.92 Å². The molecule has 2 aromatic rings. The van der Waals surface area contributed by atoms with Crippen molar-refractivity contribution in [2.45, 2.75) is 6.92 Å². The average molecular weight is 276 g/mol. The first-order valence-corrected chi connectivity index (χ1v) is 6.17. The lowest BCUT2D eigenvalue weighted by Crippen LogP contribution is -2.01. The molecule has 0 saturated carbocycles. The maximum absolute atomic E-state index is 11.3. The Morgan fingerprint density at radius 3 is 2.24 bits per heavy atom. The van der Waals surface area contributed by atoms with Gasteiger partial charge in [-0.25, -0.2) is 0 Å². The van der Waals surface area contributed by atoms with Gasteiger partial charge in [0.25, 0.3) is 0 Å². The number of nitrogens with one attached hydrogen (secondary N) is 1. The van der Waals surface area contributed by atoms with E-state index in [0.29, 0.717) is 33.8 Å². The van der Waals surface area contributed by atoms with Crippen molar-refractivity contribution >= 4 is 22.8 Å². The summed E-state index contributed by atoms with van der Waals surface area (Å²) < 4.78 is 0. The summed E-state index contributed by atoms with van der Waals surface area (Å²) in [5.41, 5.74) is 8.68. The van der Waals surface area contributed by atoms with E-state index in [9.17, 15) is 4.79 Å². The van der Waals surface area contributed by atoms with Crippen molar-refractivity contribution in [3.8, 4) is 12.1 Å². The van der Waals surface area contributed by atoms with E-state index in [1.54, 1.807) is 36.4 Å². The van der Waals surface area contributed by atoms with Gasteiger partial charge in [-0.15, -0.1) is 0 Å². The lowest BCUT2D eigenvalue weighted by molar-refractivity contribution is 0.101. The van der Waals surface area contributed by atoms with E-state index in [0.717, 1.165) is 0 Å². The van der Waals surface area contributed by atoms with Crippen LogP contribution in [0, 0.1) is 22.7 Å². The predicted octanol–water partition coefficient (Wildman–Crippen LogP) is 2.96. The first-order chi connectivity index (χ1) is 10.0. The highest BCUT2D eigenvalue weighted by molar-refractivity contribution is 5.99. The Kier molecular flexibility index (Phi) is 3.87. The van der Waals surface area contributed by atoms with Crippen LogP contribution in [0.2, 0.25) is 0 Å². The molecule has 0 aliphatic rings. The minimum Gasteiger partial charge on any atom is -0.398 e. The van der Waals surface area contributed by atoms with Crippen molar-refractivity contribution in [3.05, 3.63) is 53.1 Å².